The fraction of sp³-hybridized carbons (Fsp3) is 0.300. The number of amides is 2. The Kier molecular flexibility index (Phi) is 5.66. The van der Waals surface area contributed by atoms with Crippen molar-refractivity contribution in [3.05, 3.63) is 60.4 Å². The minimum Gasteiger partial charge on any atom is -0.495 e. The van der Waals surface area contributed by atoms with Crippen molar-refractivity contribution in [1.82, 2.24) is 30.0 Å². The summed E-state index contributed by atoms with van der Waals surface area (Å²) in [5.41, 5.74) is 1.60. The Morgan fingerprint density at radius 1 is 1.03 bits per heavy atom. The van der Waals surface area contributed by atoms with Gasteiger partial charge in [-0.25, -0.2) is 4.79 Å². The molecule has 1 aromatic heterocycles. The largest absolute Gasteiger partial charge is 0.495 e. The van der Waals surface area contributed by atoms with E-state index in [1.54, 1.807) is 11.8 Å². The summed E-state index contributed by atoms with van der Waals surface area (Å²) in [5, 5.41) is 15.0. The van der Waals surface area contributed by atoms with Crippen LogP contribution >= 0.6 is 0 Å². The van der Waals surface area contributed by atoms with E-state index in [4.69, 9.17) is 4.74 Å². The highest BCUT2D eigenvalue weighted by Crippen LogP contribution is 2.23. The number of anilines is 1. The van der Waals surface area contributed by atoms with Gasteiger partial charge in [-0.15, -0.1) is 5.10 Å². The molecule has 0 aliphatic carbocycles. The molecule has 2 heterocycles. The van der Waals surface area contributed by atoms with E-state index in [1.165, 1.54) is 0 Å². The van der Waals surface area contributed by atoms with Gasteiger partial charge in [-0.1, -0.05) is 30.3 Å². The standard InChI is InChI=1S/C20H23N7O2/c1-29-18-10-6-5-9-17(18)21-20(28)26-13-11-25(12-14-26)15-19-22-23-24-27(19)16-7-3-2-4-8-16/h2-10H,11-15H2,1H3,(H,21,28). The van der Waals surface area contributed by atoms with Crippen molar-refractivity contribution in [3.63, 3.8) is 0 Å². The number of tetrazole rings is 1. The Morgan fingerprint density at radius 3 is 2.52 bits per heavy atom. The minimum atomic E-state index is -0.122. The molecule has 4 rings (SSSR count). The molecule has 1 saturated heterocycles. The number of benzene rings is 2. The molecule has 0 bridgehead atoms. The maximum atomic E-state index is 12.6. The highest BCUT2D eigenvalue weighted by Gasteiger charge is 2.23. The van der Waals surface area contributed by atoms with Crippen LogP contribution in [0.15, 0.2) is 54.6 Å². The zero-order valence-corrected chi connectivity index (χ0v) is 16.2. The highest BCUT2D eigenvalue weighted by molar-refractivity contribution is 5.91. The van der Waals surface area contributed by atoms with Crippen molar-refractivity contribution in [2.24, 2.45) is 0 Å². The quantitative estimate of drug-likeness (QED) is 0.714. The lowest BCUT2D eigenvalue weighted by atomic mass is 10.3. The summed E-state index contributed by atoms with van der Waals surface area (Å²) >= 11 is 0. The molecule has 150 valence electrons. The fourth-order valence-electron chi connectivity index (χ4n) is 3.33. The van der Waals surface area contributed by atoms with Crippen LogP contribution in [0.1, 0.15) is 5.82 Å². The molecule has 0 spiro atoms. The smallest absolute Gasteiger partial charge is 0.322 e. The number of aromatic nitrogens is 4. The lowest BCUT2D eigenvalue weighted by molar-refractivity contribution is 0.140. The number of hydrogen-bond donors (Lipinski definition) is 1. The number of para-hydroxylation sites is 3. The SMILES string of the molecule is COc1ccccc1NC(=O)N1CCN(Cc2nnnn2-c2ccccc2)CC1. The number of rotatable bonds is 5. The van der Waals surface area contributed by atoms with Gasteiger partial charge < -0.3 is 15.0 Å². The van der Waals surface area contributed by atoms with Crippen LogP contribution in [0.25, 0.3) is 5.69 Å². The molecule has 1 fully saturated rings. The van der Waals surface area contributed by atoms with Gasteiger partial charge in [0.05, 0.1) is 25.0 Å². The van der Waals surface area contributed by atoms with Crippen molar-refractivity contribution in [1.29, 1.82) is 0 Å². The third kappa shape index (κ3) is 4.35. The second kappa shape index (κ2) is 8.70. The van der Waals surface area contributed by atoms with Crippen molar-refractivity contribution >= 4 is 11.7 Å². The Balaban J connectivity index is 1.33. The number of methoxy groups -OCH3 is 1. The van der Waals surface area contributed by atoms with Crippen molar-refractivity contribution in [3.8, 4) is 11.4 Å². The van der Waals surface area contributed by atoms with Crippen molar-refractivity contribution < 1.29 is 9.53 Å². The first-order valence-corrected chi connectivity index (χ1v) is 9.48. The predicted molar refractivity (Wildman–Crippen MR) is 108 cm³/mol. The first-order chi connectivity index (χ1) is 14.2. The Bertz CT molecular complexity index is 952. The highest BCUT2D eigenvalue weighted by atomic mass is 16.5. The minimum absolute atomic E-state index is 0.122. The van der Waals surface area contributed by atoms with Gasteiger partial charge in [-0.2, -0.15) is 4.68 Å². The number of carbonyl (C=O) groups is 1. The van der Waals surface area contributed by atoms with Crippen LogP contribution in [0.4, 0.5) is 10.5 Å². The maximum Gasteiger partial charge on any atom is 0.322 e. The molecular formula is C20H23N7O2. The van der Waals surface area contributed by atoms with Gasteiger partial charge in [0.2, 0.25) is 0 Å². The van der Waals surface area contributed by atoms with E-state index in [1.807, 2.05) is 59.5 Å². The van der Waals surface area contributed by atoms with E-state index in [2.05, 4.69) is 25.7 Å². The van der Waals surface area contributed by atoms with E-state index in [-0.39, 0.29) is 6.03 Å². The molecule has 1 N–H and O–H groups in total. The van der Waals surface area contributed by atoms with Gasteiger partial charge in [0, 0.05) is 26.2 Å². The Morgan fingerprint density at radius 2 is 1.76 bits per heavy atom. The average Bonchev–Trinajstić information content (AvgIpc) is 3.23. The van der Waals surface area contributed by atoms with E-state index < -0.39 is 0 Å². The lowest BCUT2D eigenvalue weighted by Crippen LogP contribution is -2.49. The third-order valence-corrected chi connectivity index (χ3v) is 4.91. The number of nitrogens with one attached hydrogen (secondary N) is 1. The number of ether oxygens (including phenoxy) is 1. The van der Waals surface area contributed by atoms with Gasteiger partial charge in [0.15, 0.2) is 5.82 Å². The number of hydrogen-bond acceptors (Lipinski definition) is 6. The van der Waals surface area contributed by atoms with Crippen LogP contribution in [0.2, 0.25) is 0 Å². The van der Waals surface area contributed by atoms with Crippen molar-refractivity contribution in [2.75, 3.05) is 38.6 Å². The van der Waals surface area contributed by atoms with Gasteiger partial charge >= 0.3 is 6.03 Å². The second-order valence-electron chi connectivity index (χ2n) is 6.74. The number of piperazine rings is 1. The predicted octanol–water partition coefficient (Wildman–Crippen LogP) is 2.02. The van der Waals surface area contributed by atoms with Crippen LogP contribution in [-0.2, 0) is 6.54 Å². The molecule has 0 atom stereocenters. The molecule has 0 radical (unpaired) electrons. The Hall–Kier alpha value is -3.46. The summed E-state index contributed by atoms with van der Waals surface area (Å²) in [7, 11) is 1.59. The average molecular weight is 393 g/mol. The monoisotopic (exact) mass is 393 g/mol. The van der Waals surface area contributed by atoms with Crippen LogP contribution in [-0.4, -0.2) is 69.3 Å². The van der Waals surface area contributed by atoms with Gasteiger partial charge in [0.25, 0.3) is 0 Å². The fourth-order valence-corrected chi connectivity index (χ4v) is 3.33. The third-order valence-electron chi connectivity index (χ3n) is 4.91. The number of urea groups is 1. The second-order valence-corrected chi connectivity index (χ2v) is 6.74. The summed E-state index contributed by atoms with van der Waals surface area (Å²) in [6, 6.07) is 17.1. The van der Waals surface area contributed by atoms with Crippen LogP contribution in [0, 0.1) is 0 Å². The normalized spacial score (nSPS) is 14.6. The number of nitrogens with zero attached hydrogens (tertiary/aromatic N) is 6. The van der Waals surface area contributed by atoms with E-state index in [0.717, 1.165) is 24.6 Å². The lowest BCUT2D eigenvalue weighted by Gasteiger charge is -2.34. The van der Waals surface area contributed by atoms with Gasteiger partial charge in [-0.05, 0) is 34.7 Å². The molecule has 1 aliphatic rings. The van der Waals surface area contributed by atoms with E-state index in [9.17, 15) is 4.79 Å². The topological polar surface area (TPSA) is 88.4 Å². The zero-order valence-electron chi connectivity index (χ0n) is 16.2. The first kappa shape index (κ1) is 18.9. The van der Waals surface area contributed by atoms with Gasteiger partial charge in [0.1, 0.15) is 5.75 Å². The molecule has 2 amide bonds. The first-order valence-electron chi connectivity index (χ1n) is 9.48. The maximum absolute atomic E-state index is 12.6. The molecule has 0 saturated carbocycles. The summed E-state index contributed by atoms with van der Waals surface area (Å²) < 4.78 is 7.05. The Labute approximate surface area is 168 Å². The summed E-state index contributed by atoms with van der Waals surface area (Å²) in [6.07, 6.45) is 0. The molecule has 1 aliphatic heterocycles. The molecule has 2 aromatic carbocycles. The van der Waals surface area contributed by atoms with E-state index >= 15 is 0 Å². The van der Waals surface area contributed by atoms with Crippen LogP contribution < -0.4 is 10.1 Å². The molecular weight excluding hydrogens is 370 g/mol. The molecule has 9 heteroatoms. The summed E-state index contributed by atoms with van der Waals surface area (Å²) in [5.74, 6) is 1.43. The summed E-state index contributed by atoms with van der Waals surface area (Å²) in [4.78, 5) is 16.7. The van der Waals surface area contributed by atoms with Crippen molar-refractivity contribution in [2.45, 2.75) is 6.54 Å². The zero-order chi connectivity index (χ0) is 20.1. The number of carbonyl (C=O) groups excluding carboxylic acids is 1. The van der Waals surface area contributed by atoms with Crippen LogP contribution in [0.3, 0.4) is 0 Å². The summed E-state index contributed by atoms with van der Waals surface area (Å²) in [6.45, 7) is 3.40. The molecule has 9 nitrogen and oxygen atoms in total. The van der Waals surface area contributed by atoms with E-state index in [0.29, 0.717) is 31.1 Å². The molecule has 0 unspecified atom stereocenters. The molecule has 3 aromatic rings. The van der Waals surface area contributed by atoms with Gasteiger partial charge in [-0.3, -0.25) is 4.90 Å². The van der Waals surface area contributed by atoms with Crippen LogP contribution in [0.5, 0.6) is 5.75 Å². The molecule has 29 heavy (non-hydrogen) atoms.